The van der Waals surface area contributed by atoms with Gasteiger partial charge in [0.2, 0.25) is 0 Å². The minimum Gasteiger partial charge on any atom is -0.274 e. The number of nitrogens with zero attached hydrogens (tertiary/aromatic N) is 2. The van der Waals surface area contributed by atoms with Crippen LogP contribution in [0.3, 0.4) is 0 Å². The van der Waals surface area contributed by atoms with Gasteiger partial charge >= 0.3 is 6.03 Å². The normalized spacial score (nSPS) is 13.1. The van der Waals surface area contributed by atoms with Gasteiger partial charge in [0.05, 0.1) is 21.7 Å². The number of carbonyl (C=O) groups excluding carboxylic acids is 3. The number of imide groups is 1. The first-order valence-corrected chi connectivity index (χ1v) is 12.6. The Labute approximate surface area is 207 Å². The molecule has 8 nitrogen and oxygen atoms in total. The molecule has 4 aromatic carbocycles. The van der Waals surface area contributed by atoms with Crippen LogP contribution < -0.4 is 9.62 Å². The Morgan fingerprint density at radius 3 is 2.06 bits per heavy atom. The second kappa shape index (κ2) is 8.94. The Hall–Kier alpha value is -4.50. The van der Waals surface area contributed by atoms with Crippen LogP contribution in [0.4, 0.5) is 10.5 Å². The van der Waals surface area contributed by atoms with Gasteiger partial charge < -0.3 is 0 Å². The third-order valence-corrected chi connectivity index (χ3v) is 7.35. The van der Waals surface area contributed by atoms with E-state index in [1.54, 1.807) is 60.7 Å². The number of sulfonamides is 1. The van der Waals surface area contributed by atoms with E-state index in [1.807, 2.05) is 25.1 Å². The predicted molar refractivity (Wildman–Crippen MR) is 135 cm³/mol. The summed E-state index contributed by atoms with van der Waals surface area (Å²) < 4.78 is 28.1. The van der Waals surface area contributed by atoms with Gasteiger partial charge in [-0.3, -0.25) is 19.4 Å². The first-order chi connectivity index (χ1) is 17.3. The molecular weight excluding hydrogens is 478 g/mol. The van der Waals surface area contributed by atoms with Crippen molar-refractivity contribution in [2.45, 2.75) is 11.8 Å². The number of benzene rings is 4. The number of anilines is 1. The van der Waals surface area contributed by atoms with Crippen LogP contribution in [0.2, 0.25) is 0 Å². The summed E-state index contributed by atoms with van der Waals surface area (Å²) >= 11 is 0. The molecule has 1 N–H and O–H groups in total. The van der Waals surface area contributed by atoms with Crippen molar-refractivity contribution in [1.82, 2.24) is 9.62 Å². The summed E-state index contributed by atoms with van der Waals surface area (Å²) in [6.45, 7) is 1.34. The molecule has 1 heterocycles. The summed E-state index contributed by atoms with van der Waals surface area (Å²) in [4.78, 5) is 41.5. The summed E-state index contributed by atoms with van der Waals surface area (Å²) in [6.07, 6.45) is 0. The first kappa shape index (κ1) is 23.3. The monoisotopic (exact) mass is 499 g/mol. The van der Waals surface area contributed by atoms with Crippen LogP contribution in [0.25, 0.3) is 10.8 Å². The molecule has 36 heavy (non-hydrogen) atoms. The van der Waals surface area contributed by atoms with Crippen LogP contribution in [0.15, 0.2) is 95.9 Å². The molecule has 0 unspecified atom stereocenters. The summed E-state index contributed by atoms with van der Waals surface area (Å²) in [5, 5.41) is 1.45. The van der Waals surface area contributed by atoms with E-state index in [0.717, 1.165) is 20.7 Å². The Morgan fingerprint density at radius 1 is 0.806 bits per heavy atom. The minimum atomic E-state index is -4.23. The fraction of sp³-hybridized carbons (Fsp3) is 0.0741. The maximum Gasteiger partial charge on any atom is 0.337 e. The average molecular weight is 500 g/mol. The molecule has 0 atom stereocenters. The van der Waals surface area contributed by atoms with E-state index >= 15 is 0 Å². The van der Waals surface area contributed by atoms with Crippen LogP contribution in [-0.4, -0.2) is 37.8 Å². The van der Waals surface area contributed by atoms with Gasteiger partial charge in [-0.05, 0) is 42.6 Å². The molecule has 0 fully saturated rings. The van der Waals surface area contributed by atoms with Gasteiger partial charge in [-0.25, -0.2) is 17.9 Å². The molecule has 0 aliphatic carbocycles. The number of rotatable bonds is 5. The lowest BCUT2D eigenvalue weighted by molar-refractivity contribution is 0.0657. The second-order valence-corrected chi connectivity index (χ2v) is 10.1. The number of amides is 4. The highest BCUT2D eigenvalue weighted by atomic mass is 32.2. The molecular formula is C27H21N3O5S. The number of carbonyl (C=O) groups is 3. The maximum absolute atomic E-state index is 13.5. The van der Waals surface area contributed by atoms with E-state index in [-0.39, 0.29) is 16.0 Å². The molecule has 0 spiro atoms. The summed E-state index contributed by atoms with van der Waals surface area (Å²) in [5.74, 6) is -1.12. The zero-order valence-corrected chi connectivity index (χ0v) is 20.0. The fourth-order valence-corrected chi connectivity index (χ4v) is 5.10. The van der Waals surface area contributed by atoms with Crippen molar-refractivity contribution in [3.63, 3.8) is 0 Å². The SMILES string of the molecule is Cc1ccc(S(=O)(=O)NC(=O)N(CN2C(=O)c3ccccc3C2=O)c2cccc3ccccc23)cc1. The molecule has 4 aromatic rings. The molecule has 0 saturated heterocycles. The fourth-order valence-electron chi connectivity index (χ4n) is 4.15. The van der Waals surface area contributed by atoms with Gasteiger partial charge in [0.25, 0.3) is 21.8 Å². The summed E-state index contributed by atoms with van der Waals surface area (Å²) in [6, 6.07) is 23.9. The van der Waals surface area contributed by atoms with Crippen molar-refractivity contribution in [2.24, 2.45) is 0 Å². The van der Waals surface area contributed by atoms with Crippen LogP contribution >= 0.6 is 0 Å². The number of hydrogen-bond acceptors (Lipinski definition) is 5. The van der Waals surface area contributed by atoms with Gasteiger partial charge in [0.15, 0.2) is 0 Å². The molecule has 0 saturated carbocycles. The molecule has 0 bridgehead atoms. The maximum atomic E-state index is 13.5. The third kappa shape index (κ3) is 4.09. The van der Waals surface area contributed by atoms with Gasteiger partial charge in [0.1, 0.15) is 6.67 Å². The Bertz CT molecular complexity index is 1590. The number of aryl methyl sites for hydroxylation is 1. The van der Waals surface area contributed by atoms with Crippen molar-refractivity contribution in [3.05, 3.63) is 108 Å². The van der Waals surface area contributed by atoms with Gasteiger partial charge in [-0.15, -0.1) is 0 Å². The Morgan fingerprint density at radius 2 is 1.39 bits per heavy atom. The lowest BCUT2D eigenvalue weighted by atomic mass is 10.1. The predicted octanol–water partition coefficient (Wildman–Crippen LogP) is 4.31. The number of fused-ring (bicyclic) bond motifs is 2. The van der Waals surface area contributed by atoms with Crippen molar-refractivity contribution in [2.75, 3.05) is 11.6 Å². The molecule has 4 amide bonds. The van der Waals surface area contributed by atoms with Crippen molar-refractivity contribution in [1.29, 1.82) is 0 Å². The molecule has 1 aliphatic heterocycles. The highest BCUT2D eigenvalue weighted by Crippen LogP contribution is 2.29. The molecule has 0 radical (unpaired) electrons. The molecule has 5 rings (SSSR count). The summed E-state index contributed by atoms with van der Waals surface area (Å²) in [7, 11) is -4.23. The molecule has 1 aliphatic rings. The zero-order chi connectivity index (χ0) is 25.4. The molecule has 0 aromatic heterocycles. The smallest absolute Gasteiger partial charge is 0.274 e. The molecule has 9 heteroatoms. The number of urea groups is 1. The Balaban J connectivity index is 1.55. The van der Waals surface area contributed by atoms with Crippen LogP contribution in [0.1, 0.15) is 26.3 Å². The van der Waals surface area contributed by atoms with Gasteiger partial charge in [-0.2, -0.15) is 0 Å². The lowest BCUT2D eigenvalue weighted by Crippen LogP contribution is -2.49. The van der Waals surface area contributed by atoms with Crippen LogP contribution in [-0.2, 0) is 10.0 Å². The zero-order valence-electron chi connectivity index (χ0n) is 19.2. The summed E-state index contributed by atoms with van der Waals surface area (Å²) in [5.41, 5.74) is 1.67. The quantitative estimate of drug-likeness (QED) is 0.412. The van der Waals surface area contributed by atoms with Crippen molar-refractivity contribution >= 4 is 44.3 Å². The Kier molecular flexibility index (Phi) is 5.77. The van der Waals surface area contributed by atoms with E-state index in [0.29, 0.717) is 11.1 Å². The van der Waals surface area contributed by atoms with Crippen LogP contribution in [0, 0.1) is 6.92 Å². The minimum absolute atomic E-state index is 0.0833. The third-order valence-electron chi connectivity index (χ3n) is 6.02. The van der Waals surface area contributed by atoms with E-state index in [9.17, 15) is 22.8 Å². The lowest BCUT2D eigenvalue weighted by Gasteiger charge is -2.28. The van der Waals surface area contributed by atoms with Gasteiger partial charge in [-0.1, -0.05) is 66.2 Å². The highest BCUT2D eigenvalue weighted by Gasteiger charge is 2.38. The first-order valence-electron chi connectivity index (χ1n) is 11.1. The topological polar surface area (TPSA) is 104 Å². The van der Waals surface area contributed by atoms with E-state index in [2.05, 4.69) is 4.72 Å². The van der Waals surface area contributed by atoms with Crippen molar-refractivity contribution < 1.29 is 22.8 Å². The van der Waals surface area contributed by atoms with E-state index in [1.165, 1.54) is 12.1 Å². The number of nitrogens with one attached hydrogen (secondary N) is 1. The average Bonchev–Trinajstić information content (AvgIpc) is 3.11. The van der Waals surface area contributed by atoms with E-state index in [4.69, 9.17) is 0 Å². The van der Waals surface area contributed by atoms with Gasteiger partial charge in [0, 0.05) is 5.39 Å². The largest absolute Gasteiger partial charge is 0.337 e. The van der Waals surface area contributed by atoms with E-state index < -0.39 is 34.5 Å². The standard InChI is InChI=1S/C27H21N3O5S/c1-18-13-15-20(16-14-18)36(34,35)28-27(33)29(24-12-6-8-19-7-2-3-9-21(19)24)17-30-25(31)22-10-4-5-11-23(22)26(30)32/h2-16H,17H2,1H3,(H,28,33). The molecule has 180 valence electrons. The number of hydrogen-bond donors (Lipinski definition) is 1. The second-order valence-electron chi connectivity index (χ2n) is 8.38. The highest BCUT2D eigenvalue weighted by molar-refractivity contribution is 7.90. The van der Waals surface area contributed by atoms with Crippen molar-refractivity contribution in [3.8, 4) is 0 Å². The van der Waals surface area contributed by atoms with Crippen LogP contribution in [0.5, 0.6) is 0 Å².